The number of carboxylic acid groups (broad SMARTS) is 2. The summed E-state index contributed by atoms with van der Waals surface area (Å²) in [5.74, 6) is -26.1. The number of guanidine groups is 1. The molecular formula is C91H145N25O29. The smallest absolute Gasteiger partial charge is 0.322 e. The number of carbonyl (C=O) groups excluding carboxylic acids is 20. The normalized spacial score (nSPS) is 15.7. The van der Waals surface area contributed by atoms with Crippen molar-refractivity contribution in [3.8, 4) is 5.75 Å². The largest absolute Gasteiger partial charge is 0.508 e. The van der Waals surface area contributed by atoms with E-state index >= 15 is 0 Å². The van der Waals surface area contributed by atoms with Crippen LogP contribution in [0.25, 0.3) is 0 Å². The van der Waals surface area contributed by atoms with Crippen molar-refractivity contribution in [3.05, 3.63) is 65.7 Å². The number of hydrogen-bond acceptors (Lipinski definition) is 30. The highest BCUT2D eigenvalue weighted by Gasteiger charge is 2.43. The molecule has 0 bridgehead atoms. The maximum Gasteiger partial charge on any atom is 0.322 e. The molecule has 1 aliphatic rings. The molecule has 808 valence electrons. The van der Waals surface area contributed by atoms with E-state index in [1.807, 2.05) is 19.2 Å². The molecule has 54 heteroatoms. The Morgan fingerprint density at radius 2 is 0.828 bits per heavy atom. The maximum absolute atomic E-state index is 14.5. The third-order valence-electron chi connectivity index (χ3n) is 22.8. The van der Waals surface area contributed by atoms with Crippen molar-refractivity contribution in [2.75, 3.05) is 65.7 Å². The second-order valence-corrected chi connectivity index (χ2v) is 36.1. The summed E-state index contributed by atoms with van der Waals surface area (Å²) < 4.78 is 0. The first-order valence-corrected chi connectivity index (χ1v) is 47.5. The summed E-state index contributed by atoms with van der Waals surface area (Å²) >= 11 is 0. The highest BCUT2D eigenvalue weighted by molar-refractivity contribution is 6.03. The van der Waals surface area contributed by atoms with Gasteiger partial charge < -0.3 is 165 Å². The van der Waals surface area contributed by atoms with E-state index in [4.69, 9.17) is 33.5 Å². The number of hydrogen-bond donors (Lipinski definition) is 31. The first-order valence-electron chi connectivity index (χ1n) is 47.5. The van der Waals surface area contributed by atoms with Gasteiger partial charge in [-0.15, -0.1) is 0 Å². The number of aliphatic carboxylic acids is 2. The van der Waals surface area contributed by atoms with Crippen LogP contribution in [0.3, 0.4) is 0 Å². The molecule has 3 rings (SSSR count). The molecule has 0 radical (unpaired) electrons. The number of phenols is 1. The summed E-state index contributed by atoms with van der Waals surface area (Å²) in [6.07, 6.45) is -1.84. The molecular weight excluding hydrogens is 1910 g/mol. The van der Waals surface area contributed by atoms with Crippen LogP contribution < -0.4 is 124 Å². The van der Waals surface area contributed by atoms with Gasteiger partial charge in [-0.2, -0.15) is 0 Å². The third kappa shape index (κ3) is 45.4. The number of nitrogens with one attached hydrogen (secondary N) is 20. The first kappa shape index (κ1) is 125. The Hall–Kier alpha value is -14.4. The van der Waals surface area contributed by atoms with Gasteiger partial charge in [0.1, 0.15) is 109 Å². The Morgan fingerprint density at radius 3 is 1.32 bits per heavy atom. The van der Waals surface area contributed by atoms with Gasteiger partial charge >= 0.3 is 11.9 Å². The van der Waals surface area contributed by atoms with Crippen molar-refractivity contribution >= 4 is 136 Å². The number of amides is 20. The lowest BCUT2D eigenvalue weighted by molar-refractivity contribution is -0.143. The average molecular weight is 2050 g/mol. The first-order chi connectivity index (χ1) is 68.3. The Labute approximate surface area is 837 Å². The Kier molecular flexibility index (Phi) is 55.3. The molecule has 35 N–H and O–H groups in total. The van der Waals surface area contributed by atoms with Crippen LogP contribution in [0.1, 0.15) is 164 Å². The van der Waals surface area contributed by atoms with Crippen LogP contribution in [0, 0.1) is 29.1 Å². The van der Waals surface area contributed by atoms with Crippen molar-refractivity contribution in [1.82, 2.24) is 106 Å². The van der Waals surface area contributed by atoms with Crippen molar-refractivity contribution in [1.29, 1.82) is 5.41 Å². The Morgan fingerprint density at radius 1 is 0.414 bits per heavy atom. The second kappa shape index (κ2) is 64.3. The van der Waals surface area contributed by atoms with E-state index < -0.39 is 322 Å². The lowest BCUT2D eigenvalue weighted by atomic mass is 9.96. The molecule has 0 spiro atoms. The monoisotopic (exact) mass is 2050 g/mol. The zero-order chi connectivity index (χ0) is 109. The van der Waals surface area contributed by atoms with Gasteiger partial charge in [0.05, 0.1) is 52.0 Å². The quantitative estimate of drug-likeness (QED) is 0.0166. The number of carboxylic acids is 2. The van der Waals surface area contributed by atoms with Crippen molar-refractivity contribution in [3.63, 3.8) is 0 Å². The van der Waals surface area contributed by atoms with E-state index in [9.17, 15) is 136 Å². The molecule has 1 fully saturated rings. The summed E-state index contributed by atoms with van der Waals surface area (Å²) in [5, 5.41) is 122. The summed E-state index contributed by atoms with van der Waals surface area (Å²) in [4.78, 5) is 300. The molecule has 1 saturated heterocycles. The van der Waals surface area contributed by atoms with Crippen molar-refractivity contribution in [2.24, 2.45) is 46.6 Å². The maximum atomic E-state index is 14.5. The molecule has 54 nitrogen and oxygen atoms in total. The number of rotatable bonds is 66. The van der Waals surface area contributed by atoms with E-state index in [1.165, 1.54) is 45.0 Å². The molecule has 1 heterocycles. The molecule has 0 saturated carbocycles. The fraction of sp³-hybridized carbons (Fsp3) is 0.615. The predicted molar refractivity (Wildman–Crippen MR) is 516 cm³/mol. The fourth-order valence-electron chi connectivity index (χ4n) is 14.5. The number of aliphatic hydroxyl groups is 4. The average Bonchev–Trinajstić information content (AvgIpc) is 1.69. The summed E-state index contributed by atoms with van der Waals surface area (Å²) in [6, 6.07) is -13.3. The lowest BCUT2D eigenvalue weighted by Crippen LogP contribution is -2.61. The van der Waals surface area contributed by atoms with E-state index in [-0.39, 0.29) is 82.7 Å². The predicted octanol–water partition coefficient (Wildman–Crippen LogP) is -10.9. The molecule has 1 aliphatic heterocycles. The van der Waals surface area contributed by atoms with Gasteiger partial charge in [0.15, 0.2) is 5.96 Å². The van der Waals surface area contributed by atoms with Crippen LogP contribution in [0.2, 0.25) is 0 Å². The van der Waals surface area contributed by atoms with Crippen LogP contribution in [-0.2, 0) is 118 Å². The number of aromatic hydroxyl groups is 1. The van der Waals surface area contributed by atoms with Crippen molar-refractivity contribution < 1.29 is 141 Å². The SMILES string of the molecule is CC[C@H](C)[C@H](NC(=O)[C@@H](N)CC(C)C)C(=O)N[C@@H](CCCCN)C(=O)N[C@@H](Cc1ccc(O)cc1)C(=O)N[C@@H](C)C(=O)N[C@@H](CO)C(=O)N[C@@H](CC(N)=O)C(=O)N[C@@H](CC(C)C)C(=O)N[C@@H](CCC(=O)O)C(=O)N[C@@H](CO)C(=O)NCC(=O)N[C@H](C(=O)N1CCC[C@H]1C(=O)N[C@@H](C)C(=O)N[C@@H](CCCNC(=N)N)C(=O)N[C@@H](Cc1ccccc1)C(=O)N[C@@H](CO)C(=O)NCC(=O)N[C@@H](CO)C(=O)NCC(=O)O)C(C)C. The van der Waals surface area contributed by atoms with Crippen LogP contribution in [0.15, 0.2) is 54.6 Å². The molecule has 145 heavy (non-hydrogen) atoms. The number of unbranched alkanes of at least 4 members (excludes halogenated alkanes) is 1. The van der Waals surface area contributed by atoms with Crippen LogP contribution in [0.5, 0.6) is 5.75 Å². The Balaban J connectivity index is 1.78. The van der Waals surface area contributed by atoms with Crippen LogP contribution in [-0.4, -0.2) is 345 Å². The minimum absolute atomic E-state index is 0.00369. The number of phenolic OH excluding ortho intramolecular Hbond substituents is 1. The van der Waals surface area contributed by atoms with E-state index in [0.717, 1.165) is 11.8 Å². The van der Waals surface area contributed by atoms with Gasteiger partial charge in [-0.05, 0) is 132 Å². The highest BCUT2D eigenvalue weighted by Crippen LogP contribution is 2.23. The summed E-state index contributed by atoms with van der Waals surface area (Å²) in [5.41, 5.74) is 23.8. The minimum atomic E-state index is -2.00. The summed E-state index contributed by atoms with van der Waals surface area (Å²) in [7, 11) is 0. The zero-order valence-corrected chi connectivity index (χ0v) is 82.9. The zero-order valence-electron chi connectivity index (χ0n) is 82.9. The molecule has 0 unspecified atom stereocenters. The molecule has 0 aromatic heterocycles. The number of primary amides is 1. The van der Waals surface area contributed by atoms with Gasteiger partial charge in [-0.3, -0.25) is 111 Å². The fourth-order valence-corrected chi connectivity index (χ4v) is 14.5. The third-order valence-corrected chi connectivity index (χ3v) is 22.8. The van der Waals surface area contributed by atoms with Gasteiger partial charge in [0.25, 0.3) is 0 Å². The number of likely N-dealkylation sites (tertiary alicyclic amines) is 1. The number of benzene rings is 2. The van der Waals surface area contributed by atoms with E-state index in [1.54, 1.807) is 58.0 Å². The second-order valence-electron chi connectivity index (χ2n) is 36.1. The topological polar surface area (TPSA) is 877 Å². The van der Waals surface area contributed by atoms with E-state index in [0.29, 0.717) is 36.8 Å². The van der Waals surface area contributed by atoms with E-state index in [2.05, 4.69) is 95.7 Å². The van der Waals surface area contributed by atoms with Gasteiger partial charge in [-0.25, -0.2) is 0 Å². The van der Waals surface area contributed by atoms with Gasteiger partial charge in [0, 0.05) is 32.4 Å². The molecule has 20 amide bonds. The number of carbonyl (C=O) groups is 22. The Bertz CT molecular complexity index is 4750. The van der Waals surface area contributed by atoms with Gasteiger partial charge in [0.2, 0.25) is 118 Å². The minimum Gasteiger partial charge on any atom is -0.508 e. The molecule has 2 aromatic carbocycles. The highest BCUT2D eigenvalue weighted by atomic mass is 16.4. The standard InChI is InChI=1S/C91H145N25O29/c1-11-48(8)73(115-76(131)54(93)33-45(2)3)89(144)106-55(21-15-16-30-92)80(135)108-59(36-52-24-26-53(121)27-25-52)83(138)101-49(9)75(130)111-65(44-120)87(142)110-61(37-67(94)122)86(141)107-58(34-46(4)5)84(139)105-57(28-29-70(125)126)82(137)112-63(42-118)78(133)99-39-69(124)114-72(47(6)7)90(145)116-32-18-23-66(116)88(143)102-50(10)74(129)104-56(22-17-31-97-91(95)96)81(136)109-60(35-51-19-13-12-14-20-51)85(140)113-64(43-119)79(134)98-38-68(123)103-62(41-117)77(132)100-40-71(127)128/h12-14,19-20,24-27,45-50,54-66,72-73,117-121H,11,15-18,21-23,28-44,92-93H2,1-10H3,(H2,94,122)(H,98,134)(H,99,133)(H,100,132)(H,101,138)(H,102,143)(H,103,123)(H,104,129)(H,105,139)(H,106,144)(H,107,141)(H,108,135)(H,109,136)(H,110,142)(H,111,130)(H,112,137)(H,113,140)(H,114,124)(H,115,131)(H,125,126)(H,127,128)(H4,95,96,97)/t48-,49-,50-,54-,55-,56-,57-,58-,59-,60-,61-,62-,63-,64-,65-,66-,72-,73-/m0/s1. The van der Waals surface area contributed by atoms with Crippen LogP contribution >= 0.6 is 0 Å². The molecule has 2 aromatic rings. The lowest BCUT2D eigenvalue weighted by Gasteiger charge is -2.31. The number of nitrogens with two attached hydrogens (primary N) is 4. The van der Waals surface area contributed by atoms with Crippen LogP contribution in [0.4, 0.5) is 0 Å². The number of nitrogens with zero attached hydrogens (tertiary/aromatic N) is 1. The molecule has 0 aliphatic carbocycles. The summed E-state index contributed by atoms with van der Waals surface area (Å²) in [6.45, 7) is 8.91. The van der Waals surface area contributed by atoms with Crippen molar-refractivity contribution in [2.45, 2.75) is 268 Å². The number of aliphatic hydroxyl groups excluding tert-OH is 4. The molecule has 18 atom stereocenters. The van der Waals surface area contributed by atoms with Gasteiger partial charge in [-0.1, -0.05) is 104 Å².